The van der Waals surface area contributed by atoms with E-state index in [2.05, 4.69) is 19.8 Å². The van der Waals surface area contributed by atoms with E-state index in [0.29, 0.717) is 24.3 Å². The van der Waals surface area contributed by atoms with Gasteiger partial charge in [-0.1, -0.05) is 26.2 Å². The first kappa shape index (κ1) is 10.5. The van der Waals surface area contributed by atoms with E-state index in [1.807, 2.05) is 4.90 Å². The molecule has 15 heavy (non-hydrogen) atoms. The summed E-state index contributed by atoms with van der Waals surface area (Å²) in [6, 6.07) is 0.577. The Morgan fingerprint density at radius 3 is 2.93 bits per heavy atom. The zero-order valence-corrected chi connectivity index (χ0v) is 9.57. The summed E-state index contributed by atoms with van der Waals surface area (Å²) in [4.78, 5) is 14.0. The van der Waals surface area contributed by atoms with Gasteiger partial charge >= 0.3 is 0 Å². The van der Waals surface area contributed by atoms with E-state index in [9.17, 15) is 4.79 Å². The lowest BCUT2D eigenvalue weighted by atomic mass is 10.0. The van der Waals surface area contributed by atoms with Crippen LogP contribution in [0.3, 0.4) is 0 Å². The lowest BCUT2D eigenvalue weighted by Gasteiger charge is -2.25. The molecule has 0 radical (unpaired) electrons. The molecule has 1 saturated heterocycles. The fraction of sp³-hybridized carbons (Fsp3) is 0.769. The normalized spacial score (nSPS) is 34.5. The number of hydrogen-bond acceptors (Lipinski definition) is 1. The van der Waals surface area contributed by atoms with Crippen LogP contribution in [0.15, 0.2) is 0 Å². The molecule has 1 amide bonds. The zero-order valence-electron chi connectivity index (χ0n) is 9.57. The smallest absolute Gasteiger partial charge is 0.224 e. The van der Waals surface area contributed by atoms with Crippen molar-refractivity contribution in [3.05, 3.63) is 0 Å². The highest BCUT2D eigenvalue weighted by atomic mass is 16.2. The summed E-state index contributed by atoms with van der Waals surface area (Å²) in [5.74, 6) is 4.22. The van der Waals surface area contributed by atoms with Crippen LogP contribution in [-0.2, 0) is 4.79 Å². The van der Waals surface area contributed by atoms with Crippen molar-refractivity contribution in [1.29, 1.82) is 0 Å². The summed E-state index contributed by atoms with van der Waals surface area (Å²) in [5.41, 5.74) is 0. The van der Waals surface area contributed by atoms with Gasteiger partial charge in [-0.05, 0) is 24.7 Å². The zero-order chi connectivity index (χ0) is 11.0. The fourth-order valence-corrected chi connectivity index (χ4v) is 2.51. The lowest BCUT2D eigenvalue weighted by molar-refractivity contribution is -0.133. The van der Waals surface area contributed by atoms with Crippen molar-refractivity contribution in [1.82, 2.24) is 4.90 Å². The highest BCUT2D eigenvalue weighted by Gasteiger charge is 2.53. The number of carbonyl (C=O) groups excluding carboxylic acids is 1. The van der Waals surface area contributed by atoms with Crippen molar-refractivity contribution in [2.24, 2.45) is 11.8 Å². The third-order valence-electron chi connectivity index (χ3n) is 3.80. The SMILES string of the molecule is C#CC1CC2CC2N1C(=O)CC(C)CC. The van der Waals surface area contributed by atoms with E-state index < -0.39 is 0 Å². The molecule has 1 aliphatic heterocycles. The average Bonchev–Trinajstić information content (AvgIpc) is 2.88. The summed E-state index contributed by atoms with van der Waals surface area (Å²) in [5, 5.41) is 0. The molecule has 0 N–H and O–H groups in total. The first-order valence-corrected chi connectivity index (χ1v) is 5.94. The molecule has 0 aromatic carbocycles. The Labute approximate surface area is 92.0 Å². The van der Waals surface area contributed by atoms with Gasteiger partial charge in [0.1, 0.15) is 0 Å². The topological polar surface area (TPSA) is 20.3 Å². The van der Waals surface area contributed by atoms with Crippen molar-refractivity contribution < 1.29 is 4.79 Å². The predicted octanol–water partition coefficient (Wildman–Crippen LogP) is 2.05. The van der Waals surface area contributed by atoms with Crippen LogP contribution in [0.4, 0.5) is 0 Å². The van der Waals surface area contributed by atoms with Crippen LogP contribution in [-0.4, -0.2) is 22.9 Å². The van der Waals surface area contributed by atoms with E-state index in [0.717, 1.165) is 12.8 Å². The van der Waals surface area contributed by atoms with Gasteiger partial charge in [0.25, 0.3) is 0 Å². The van der Waals surface area contributed by atoms with Crippen molar-refractivity contribution in [3.8, 4) is 12.3 Å². The number of hydrogen-bond donors (Lipinski definition) is 0. The van der Waals surface area contributed by atoms with Crippen LogP contribution >= 0.6 is 0 Å². The van der Waals surface area contributed by atoms with Crippen LogP contribution in [0.1, 0.15) is 39.5 Å². The number of fused-ring (bicyclic) bond motifs is 1. The Balaban J connectivity index is 1.97. The van der Waals surface area contributed by atoms with E-state index in [4.69, 9.17) is 6.42 Å². The Morgan fingerprint density at radius 1 is 1.60 bits per heavy atom. The average molecular weight is 205 g/mol. The molecule has 2 aliphatic rings. The second kappa shape index (κ2) is 3.89. The van der Waals surface area contributed by atoms with Crippen LogP contribution in [0.5, 0.6) is 0 Å². The number of rotatable bonds is 3. The standard InChI is InChI=1S/C13H19NO/c1-4-9(3)6-13(15)14-11(5-2)7-10-8-12(10)14/h2,9-12H,4,6-8H2,1,3H3. The molecule has 2 fully saturated rings. The van der Waals surface area contributed by atoms with E-state index in [-0.39, 0.29) is 11.9 Å². The molecule has 1 saturated carbocycles. The Hall–Kier alpha value is -0.970. The Bertz CT molecular complexity index is 304. The van der Waals surface area contributed by atoms with E-state index >= 15 is 0 Å². The third kappa shape index (κ3) is 1.88. The van der Waals surface area contributed by atoms with Crippen molar-refractivity contribution in [2.75, 3.05) is 0 Å². The molecular weight excluding hydrogens is 186 g/mol. The molecule has 82 valence electrons. The molecule has 0 aromatic heterocycles. The second-order valence-electron chi connectivity index (χ2n) is 5.00. The van der Waals surface area contributed by atoms with Crippen molar-refractivity contribution in [2.45, 2.75) is 51.6 Å². The highest BCUT2D eigenvalue weighted by molar-refractivity contribution is 5.78. The minimum atomic E-state index is 0.0882. The summed E-state index contributed by atoms with van der Waals surface area (Å²) < 4.78 is 0. The summed E-state index contributed by atoms with van der Waals surface area (Å²) in [7, 11) is 0. The van der Waals surface area contributed by atoms with Crippen molar-refractivity contribution in [3.63, 3.8) is 0 Å². The van der Waals surface area contributed by atoms with Gasteiger partial charge in [-0.25, -0.2) is 0 Å². The second-order valence-corrected chi connectivity index (χ2v) is 5.00. The minimum absolute atomic E-state index is 0.0882. The van der Waals surface area contributed by atoms with Gasteiger partial charge in [0.2, 0.25) is 5.91 Å². The number of terminal acetylenes is 1. The van der Waals surface area contributed by atoms with Gasteiger partial charge in [-0.15, -0.1) is 6.42 Å². The molecular formula is C13H19NO. The van der Waals surface area contributed by atoms with E-state index in [1.165, 1.54) is 6.42 Å². The quantitative estimate of drug-likeness (QED) is 0.646. The van der Waals surface area contributed by atoms with Crippen LogP contribution in [0.2, 0.25) is 0 Å². The molecule has 4 atom stereocenters. The number of carbonyl (C=O) groups is 1. The molecule has 4 unspecified atom stereocenters. The summed E-state index contributed by atoms with van der Waals surface area (Å²) >= 11 is 0. The van der Waals surface area contributed by atoms with Gasteiger partial charge in [0.05, 0.1) is 6.04 Å². The van der Waals surface area contributed by atoms with Crippen LogP contribution in [0.25, 0.3) is 0 Å². The fourth-order valence-electron chi connectivity index (χ4n) is 2.51. The van der Waals surface area contributed by atoms with Gasteiger partial charge in [-0.3, -0.25) is 4.79 Å². The predicted molar refractivity (Wildman–Crippen MR) is 60.1 cm³/mol. The summed E-state index contributed by atoms with van der Waals surface area (Å²) in [6.45, 7) is 4.25. The number of likely N-dealkylation sites (tertiary alicyclic amines) is 1. The molecule has 2 nitrogen and oxygen atoms in total. The molecule has 2 rings (SSSR count). The van der Waals surface area contributed by atoms with Crippen LogP contribution < -0.4 is 0 Å². The maximum Gasteiger partial charge on any atom is 0.224 e. The first-order valence-electron chi connectivity index (χ1n) is 5.94. The monoisotopic (exact) mass is 205 g/mol. The molecule has 1 heterocycles. The third-order valence-corrected chi connectivity index (χ3v) is 3.80. The van der Waals surface area contributed by atoms with Gasteiger partial charge < -0.3 is 4.90 Å². The Morgan fingerprint density at radius 2 is 2.33 bits per heavy atom. The van der Waals surface area contributed by atoms with Gasteiger partial charge in [0.15, 0.2) is 0 Å². The number of nitrogens with zero attached hydrogens (tertiary/aromatic N) is 1. The van der Waals surface area contributed by atoms with Crippen LogP contribution in [0, 0.1) is 24.2 Å². The number of piperidine rings is 1. The Kier molecular flexibility index (Phi) is 2.73. The molecule has 0 spiro atoms. The molecule has 0 aromatic rings. The summed E-state index contributed by atoms with van der Waals surface area (Å²) in [6.07, 6.45) is 9.41. The molecule has 1 aliphatic carbocycles. The lowest BCUT2D eigenvalue weighted by Crippen LogP contribution is -2.38. The number of amides is 1. The largest absolute Gasteiger partial charge is 0.326 e. The molecule has 0 bridgehead atoms. The van der Waals surface area contributed by atoms with Gasteiger partial charge in [0, 0.05) is 12.5 Å². The molecule has 2 heteroatoms. The maximum atomic E-state index is 12.1. The van der Waals surface area contributed by atoms with Crippen molar-refractivity contribution >= 4 is 5.91 Å². The van der Waals surface area contributed by atoms with E-state index in [1.54, 1.807) is 0 Å². The highest BCUT2D eigenvalue weighted by Crippen LogP contribution is 2.47. The first-order chi connectivity index (χ1) is 7.17. The van der Waals surface area contributed by atoms with Gasteiger partial charge in [-0.2, -0.15) is 0 Å². The minimum Gasteiger partial charge on any atom is -0.326 e. The maximum absolute atomic E-state index is 12.1.